The summed E-state index contributed by atoms with van der Waals surface area (Å²) in [7, 11) is 0. The van der Waals surface area contributed by atoms with E-state index in [0.717, 1.165) is 0 Å². The molecule has 3 N–H and O–H groups in total. The van der Waals surface area contributed by atoms with Crippen molar-refractivity contribution in [1.29, 1.82) is 0 Å². The van der Waals surface area contributed by atoms with Gasteiger partial charge in [-0.1, -0.05) is 0 Å². The Labute approximate surface area is 161 Å². The molecule has 1 saturated heterocycles. The van der Waals surface area contributed by atoms with Crippen molar-refractivity contribution >= 4 is 79.1 Å². The lowest BCUT2D eigenvalue weighted by Crippen LogP contribution is -2.60. The molecule has 21 heavy (non-hydrogen) atoms. The Balaban J connectivity index is 3.12. The number of carbonyl (C=O) groups is 3. The molecule has 1 aliphatic heterocycles. The highest BCUT2D eigenvalue weighted by molar-refractivity contribution is 14.1. The molecule has 0 radical (unpaired) electrons. The van der Waals surface area contributed by atoms with Gasteiger partial charge in [-0.05, 0) is 67.8 Å². The lowest BCUT2D eigenvalue weighted by atomic mass is 9.75. The lowest BCUT2D eigenvalue weighted by Gasteiger charge is -2.39. The van der Waals surface area contributed by atoms with Crippen LogP contribution in [0.25, 0.3) is 0 Å². The average Bonchev–Trinajstić information content (AvgIpc) is 2.47. The summed E-state index contributed by atoms with van der Waals surface area (Å²) >= 11 is 4.40. The summed E-state index contributed by atoms with van der Waals surface area (Å²) in [6.45, 7) is -0.403. The first-order valence-corrected chi connectivity index (χ1v) is 9.05. The normalized spacial score (nSPS) is 33.7. The first kappa shape index (κ1) is 20.1. The predicted octanol–water partition coefficient (Wildman–Crippen LogP) is 0.263. The van der Waals surface area contributed by atoms with Gasteiger partial charge in [-0.3, -0.25) is 14.4 Å². The van der Waals surface area contributed by atoms with Crippen LogP contribution in [0.15, 0.2) is 0 Å². The van der Waals surface area contributed by atoms with E-state index in [4.69, 9.17) is 4.74 Å². The van der Waals surface area contributed by atoms with Gasteiger partial charge >= 0.3 is 0 Å². The molecule has 0 bridgehead atoms. The van der Waals surface area contributed by atoms with Crippen LogP contribution in [0.3, 0.4) is 0 Å². The SMILES string of the molecule is O=C(I)CC(O)[C@H]1OC[C@@](O)(CC(=O)I)[C@@]1(O)CC(=O)I. The summed E-state index contributed by atoms with van der Waals surface area (Å²) in [5.41, 5.74) is -4.11. The number of rotatable bonds is 7. The minimum absolute atomic E-state index is 0.294. The summed E-state index contributed by atoms with van der Waals surface area (Å²) < 4.78 is 4.00. The molecular weight excluding hydrogens is 625 g/mol. The fraction of sp³-hybridized carbons (Fsp3) is 0.727. The molecule has 10 heteroatoms. The van der Waals surface area contributed by atoms with E-state index in [1.807, 2.05) is 0 Å². The van der Waals surface area contributed by atoms with Crippen molar-refractivity contribution in [1.82, 2.24) is 0 Å². The highest BCUT2D eigenvalue weighted by Crippen LogP contribution is 2.43. The van der Waals surface area contributed by atoms with E-state index < -0.39 is 50.4 Å². The van der Waals surface area contributed by atoms with E-state index in [-0.39, 0.29) is 10.2 Å². The first-order valence-electron chi connectivity index (χ1n) is 5.81. The van der Waals surface area contributed by atoms with Gasteiger partial charge in [0.1, 0.15) is 17.3 Å². The molecule has 120 valence electrons. The van der Waals surface area contributed by atoms with Gasteiger partial charge in [0, 0.05) is 6.42 Å². The van der Waals surface area contributed by atoms with E-state index in [2.05, 4.69) is 0 Å². The van der Waals surface area contributed by atoms with E-state index in [1.54, 1.807) is 0 Å². The maximum atomic E-state index is 11.4. The first-order chi connectivity index (χ1) is 9.52. The van der Waals surface area contributed by atoms with Gasteiger partial charge in [-0.2, -0.15) is 0 Å². The van der Waals surface area contributed by atoms with Gasteiger partial charge < -0.3 is 20.1 Å². The third-order valence-corrected chi connectivity index (χ3v) is 4.54. The molecular formula is C11H13I3O7. The number of aliphatic hydroxyl groups is 3. The molecule has 0 aromatic carbocycles. The monoisotopic (exact) mass is 638 g/mol. The second-order valence-corrected chi connectivity index (χ2v) is 8.49. The Bertz CT molecular complexity index is 457. The number of carbonyl (C=O) groups excluding carboxylic acids is 3. The fourth-order valence-corrected chi connectivity index (χ4v) is 4.03. The maximum Gasteiger partial charge on any atom is 0.195 e. The largest absolute Gasteiger partial charge is 0.390 e. The standard InChI is InChI=1S/C11H13I3O7/c12-6(16)1-5(15)9-11(20,3-8(14)18)10(19,4-21-9)2-7(13)17/h5,9,15,19-20H,1-4H2/t5?,9-,10+,11-/m1/s1. The third kappa shape index (κ3) is 4.76. The van der Waals surface area contributed by atoms with Crippen molar-refractivity contribution in [2.75, 3.05) is 6.61 Å². The van der Waals surface area contributed by atoms with Crippen LogP contribution in [0, 0.1) is 0 Å². The molecule has 0 spiro atoms. The number of ether oxygens (including phenoxy) is 1. The molecule has 0 aliphatic carbocycles. The molecule has 0 saturated carbocycles. The summed E-state index contributed by atoms with van der Waals surface area (Å²) in [4.78, 5) is 33.8. The van der Waals surface area contributed by atoms with Crippen molar-refractivity contribution in [3.63, 3.8) is 0 Å². The van der Waals surface area contributed by atoms with Gasteiger partial charge in [0.05, 0.1) is 25.6 Å². The smallest absolute Gasteiger partial charge is 0.195 e. The quantitative estimate of drug-likeness (QED) is 0.271. The molecule has 1 unspecified atom stereocenters. The second kappa shape index (κ2) is 7.74. The molecule has 0 aromatic rings. The number of aliphatic hydroxyl groups excluding tert-OH is 1. The van der Waals surface area contributed by atoms with Crippen LogP contribution in [-0.2, 0) is 19.1 Å². The molecule has 1 rings (SSSR count). The van der Waals surface area contributed by atoms with Gasteiger partial charge in [-0.25, -0.2) is 0 Å². The summed E-state index contributed by atoms with van der Waals surface area (Å²) in [5, 5.41) is 31.3. The molecule has 1 fully saturated rings. The van der Waals surface area contributed by atoms with Crippen LogP contribution in [0.2, 0.25) is 0 Å². The van der Waals surface area contributed by atoms with Gasteiger partial charge in [-0.15, -0.1) is 0 Å². The van der Waals surface area contributed by atoms with Gasteiger partial charge in [0.2, 0.25) is 0 Å². The predicted molar refractivity (Wildman–Crippen MR) is 96.6 cm³/mol. The zero-order chi connectivity index (χ0) is 16.4. The Morgan fingerprint density at radius 2 is 1.62 bits per heavy atom. The second-order valence-electron chi connectivity index (χ2n) is 4.88. The van der Waals surface area contributed by atoms with Crippen LogP contribution in [0.1, 0.15) is 19.3 Å². The van der Waals surface area contributed by atoms with E-state index in [1.165, 1.54) is 67.8 Å². The van der Waals surface area contributed by atoms with E-state index >= 15 is 0 Å². The minimum Gasteiger partial charge on any atom is -0.390 e. The Morgan fingerprint density at radius 3 is 2.05 bits per heavy atom. The van der Waals surface area contributed by atoms with Crippen LogP contribution >= 0.6 is 67.8 Å². The molecule has 4 atom stereocenters. The third-order valence-electron chi connectivity index (χ3n) is 3.34. The van der Waals surface area contributed by atoms with E-state index in [0.29, 0.717) is 0 Å². The Kier molecular flexibility index (Phi) is 7.40. The molecule has 0 amide bonds. The zero-order valence-electron chi connectivity index (χ0n) is 10.6. The molecule has 1 aliphatic rings. The van der Waals surface area contributed by atoms with Crippen molar-refractivity contribution in [3.05, 3.63) is 0 Å². The Morgan fingerprint density at radius 1 is 1.10 bits per heavy atom. The summed E-state index contributed by atoms with van der Waals surface area (Å²) in [6.07, 6.45) is -3.92. The highest BCUT2D eigenvalue weighted by atomic mass is 127. The van der Waals surface area contributed by atoms with Crippen LogP contribution in [-0.4, -0.2) is 56.7 Å². The highest BCUT2D eigenvalue weighted by Gasteiger charge is 2.63. The topological polar surface area (TPSA) is 121 Å². The molecule has 0 aromatic heterocycles. The summed E-state index contributed by atoms with van der Waals surface area (Å²) in [6, 6.07) is 0. The van der Waals surface area contributed by atoms with Gasteiger partial charge in [0.25, 0.3) is 0 Å². The number of halogens is 3. The van der Waals surface area contributed by atoms with Crippen molar-refractivity contribution in [3.8, 4) is 0 Å². The van der Waals surface area contributed by atoms with Crippen molar-refractivity contribution in [2.45, 2.75) is 42.7 Å². The number of hydrogen-bond acceptors (Lipinski definition) is 7. The van der Waals surface area contributed by atoms with Crippen LogP contribution in [0.5, 0.6) is 0 Å². The lowest BCUT2D eigenvalue weighted by molar-refractivity contribution is -0.165. The van der Waals surface area contributed by atoms with Crippen LogP contribution < -0.4 is 0 Å². The summed E-state index contributed by atoms with van der Waals surface area (Å²) in [5.74, 6) is 0. The average molecular weight is 638 g/mol. The Hall–Kier alpha value is 1.04. The number of hydrogen-bond donors (Lipinski definition) is 3. The maximum absolute atomic E-state index is 11.4. The van der Waals surface area contributed by atoms with Gasteiger partial charge in [0.15, 0.2) is 11.4 Å². The van der Waals surface area contributed by atoms with Crippen molar-refractivity contribution < 1.29 is 34.4 Å². The molecule has 1 heterocycles. The van der Waals surface area contributed by atoms with Crippen molar-refractivity contribution in [2.24, 2.45) is 0 Å². The van der Waals surface area contributed by atoms with E-state index in [9.17, 15) is 29.7 Å². The molecule has 7 nitrogen and oxygen atoms in total. The zero-order valence-corrected chi connectivity index (χ0v) is 17.1. The fourth-order valence-electron chi connectivity index (χ4n) is 2.37. The van der Waals surface area contributed by atoms with Crippen LogP contribution in [0.4, 0.5) is 0 Å². The minimum atomic E-state index is -2.13.